The summed E-state index contributed by atoms with van der Waals surface area (Å²) in [6.45, 7) is 0. The highest BCUT2D eigenvalue weighted by molar-refractivity contribution is 6.41. The van der Waals surface area contributed by atoms with Gasteiger partial charge in [0.15, 0.2) is 0 Å². The van der Waals surface area contributed by atoms with Crippen molar-refractivity contribution in [2.45, 2.75) is 0 Å². The van der Waals surface area contributed by atoms with Crippen LogP contribution in [0.1, 0.15) is 0 Å². The van der Waals surface area contributed by atoms with Crippen molar-refractivity contribution in [3.05, 3.63) is 64.3 Å². The number of nitrogens with zero attached hydrogens (tertiary/aromatic N) is 1. The lowest BCUT2D eigenvalue weighted by Gasteiger charge is -2.08. The van der Waals surface area contributed by atoms with Crippen LogP contribution in [0.25, 0.3) is 0 Å². The normalized spacial score (nSPS) is 11.8. The van der Waals surface area contributed by atoms with E-state index in [1.165, 1.54) is 7.11 Å². The van der Waals surface area contributed by atoms with Gasteiger partial charge in [-0.1, -0.05) is 23.2 Å². The van der Waals surface area contributed by atoms with Crippen molar-refractivity contribution in [2.24, 2.45) is 5.10 Å². The molecular weight excluding hydrogens is 367 g/mol. The Morgan fingerprint density at radius 3 is 2.28 bits per heavy atom. The van der Waals surface area contributed by atoms with Gasteiger partial charge in [-0.25, -0.2) is 4.79 Å². The lowest BCUT2D eigenvalue weighted by Crippen LogP contribution is -2.10. The maximum absolute atomic E-state index is 11.4. The second kappa shape index (κ2) is 8.96. The molecule has 2 rings (SSSR count). The molecule has 0 unspecified atom stereocenters. The van der Waals surface area contributed by atoms with Crippen LogP contribution in [-0.4, -0.2) is 24.4 Å². The molecule has 0 aromatic heterocycles. The van der Waals surface area contributed by atoms with Gasteiger partial charge in [-0.3, -0.25) is 5.43 Å². The Hall–Kier alpha value is -2.70. The first-order valence-electron chi connectivity index (χ1n) is 6.99. The monoisotopic (exact) mass is 380 g/mol. The molecule has 2 aromatic carbocycles. The molecule has 0 aliphatic rings. The Labute approximate surface area is 154 Å². The van der Waals surface area contributed by atoms with Gasteiger partial charge in [-0.15, -0.1) is 0 Å². The van der Waals surface area contributed by atoms with Crippen LogP contribution in [0.3, 0.4) is 0 Å². The molecule has 2 aromatic rings. The number of aliphatic carboxylic acids is 1. The fraction of sp³-hybridized carbons (Fsp3) is 0.0588. The summed E-state index contributed by atoms with van der Waals surface area (Å²) in [5, 5.41) is 13.6. The van der Waals surface area contributed by atoms with Gasteiger partial charge in [-0.2, -0.15) is 5.10 Å². The summed E-state index contributed by atoms with van der Waals surface area (Å²) in [6.07, 6.45) is 1.14. The summed E-state index contributed by atoms with van der Waals surface area (Å²) in [5.41, 5.74) is 3.37. The Morgan fingerprint density at radius 1 is 1.12 bits per heavy atom. The highest BCUT2D eigenvalue weighted by Crippen LogP contribution is 2.21. The Morgan fingerprint density at radius 2 is 1.72 bits per heavy atom. The molecule has 2 N–H and O–H groups in total. The second-order valence-electron chi connectivity index (χ2n) is 4.64. The molecule has 8 heteroatoms. The third-order valence-electron chi connectivity index (χ3n) is 2.91. The third-order valence-corrected chi connectivity index (χ3v) is 3.43. The second-order valence-corrected chi connectivity index (χ2v) is 5.48. The SMILES string of the molecule is COc1ccc(O/C(C(=O)O)=C(Cl)/C=N/Nc2ccc(Cl)cc2)cc1. The third kappa shape index (κ3) is 5.70. The number of nitrogens with one attached hydrogen (secondary N) is 1. The fourth-order valence-electron chi connectivity index (χ4n) is 1.70. The molecule has 130 valence electrons. The highest BCUT2D eigenvalue weighted by Gasteiger charge is 2.15. The molecule has 0 amide bonds. The van der Waals surface area contributed by atoms with E-state index in [0.717, 1.165) is 6.21 Å². The Bertz CT molecular complexity index is 787. The van der Waals surface area contributed by atoms with Crippen LogP contribution in [0, 0.1) is 0 Å². The van der Waals surface area contributed by atoms with Gasteiger partial charge < -0.3 is 14.6 Å². The lowest BCUT2D eigenvalue weighted by atomic mass is 10.3. The number of hydrazone groups is 1. The van der Waals surface area contributed by atoms with Crippen molar-refractivity contribution in [1.82, 2.24) is 0 Å². The topological polar surface area (TPSA) is 80.2 Å². The number of carboxylic acid groups (broad SMARTS) is 1. The number of anilines is 1. The van der Waals surface area contributed by atoms with Crippen LogP contribution >= 0.6 is 23.2 Å². The van der Waals surface area contributed by atoms with Gasteiger partial charge >= 0.3 is 5.97 Å². The number of halogens is 2. The first-order valence-corrected chi connectivity index (χ1v) is 7.75. The molecule has 0 saturated heterocycles. The zero-order valence-corrected chi connectivity index (χ0v) is 14.6. The number of methoxy groups -OCH3 is 1. The van der Waals surface area contributed by atoms with E-state index in [1.54, 1.807) is 48.5 Å². The molecule has 0 spiro atoms. The molecular formula is C17H14Cl2N2O4. The van der Waals surface area contributed by atoms with E-state index in [0.29, 0.717) is 22.2 Å². The van der Waals surface area contributed by atoms with Crippen molar-refractivity contribution in [3.8, 4) is 11.5 Å². The van der Waals surface area contributed by atoms with Gasteiger partial charge in [0.05, 0.1) is 19.0 Å². The van der Waals surface area contributed by atoms with E-state index in [1.807, 2.05) is 0 Å². The summed E-state index contributed by atoms with van der Waals surface area (Å²) in [7, 11) is 1.53. The molecule has 0 aliphatic heterocycles. The molecule has 0 atom stereocenters. The average Bonchev–Trinajstić information content (AvgIpc) is 2.61. The summed E-state index contributed by atoms with van der Waals surface area (Å²) in [6, 6.07) is 13.2. The number of benzene rings is 2. The van der Waals surface area contributed by atoms with Crippen LogP contribution in [0.2, 0.25) is 5.02 Å². The number of ether oxygens (including phenoxy) is 2. The minimum absolute atomic E-state index is 0.176. The number of hydrogen-bond donors (Lipinski definition) is 2. The molecule has 0 aliphatic carbocycles. The highest BCUT2D eigenvalue weighted by atomic mass is 35.5. The largest absolute Gasteiger partial charge is 0.497 e. The molecule has 0 heterocycles. The van der Waals surface area contributed by atoms with Crippen LogP contribution in [0.15, 0.2) is 64.4 Å². The Kier molecular flexibility index (Phi) is 6.68. The van der Waals surface area contributed by atoms with E-state index in [2.05, 4.69) is 10.5 Å². The maximum atomic E-state index is 11.4. The van der Waals surface area contributed by atoms with Gasteiger partial charge in [0.1, 0.15) is 16.5 Å². The minimum Gasteiger partial charge on any atom is -0.497 e. The van der Waals surface area contributed by atoms with Crippen LogP contribution in [-0.2, 0) is 4.79 Å². The molecule has 6 nitrogen and oxygen atoms in total. The number of rotatable bonds is 7. The maximum Gasteiger partial charge on any atom is 0.373 e. The molecule has 25 heavy (non-hydrogen) atoms. The zero-order chi connectivity index (χ0) is 18.2. The van der Waals surface area contributed by atoms with Crippen LogP contribution in [0.4, 0.5) is 5.69 Å². The summed E-state index contributed by atoms with van der Waals surface area (Å²) in [4.78, 5) is 11.4. The molecule has 0 fully saturated rings. The van der Waals surface area contributed by atoms with E-state index >= 15 is 0 Å². The summed E-state index contributed by atoms with van der Waals surface area (Å²) in [5.74, 6) is -0.851. The van der Waals surface area contributed by atoms with E-state index < -0.39 is 11.7 Å². The number of carboxylic acids is 1. The van der Waals surface area contributed by atoms with Crippen molar-refractivity contribution in [1.29, 1.82) is 0 Å². The number of hydrogen-bond acceptors (Lipinski definition) is 5. The quantitative estimate of drug-likeness (QED) is 0.322. The van der Waals surface area contributed by atoms with Gasteiger partial charge in [0, 0.05) is 5.02 Å². The van der Waals surface area contributed by atoms with Crippen molar-refractivity contribution >= 4 is 41.1 Å². The lowest BCUT2D eigenvalue weighted by molar-refractivity contribution is -0.135. The zero-order valence-electron chi connectivity index (χ0n) is 13.1. The van der Waals surface area contributed by atoms with E-state index in [9.17, 15) is 9.90 Å². The van der Waals surface area contributed by atoms with Gasteiger partial charge in [0.2, 0.25) is 5.76 Å². The van der Waals surface area contributed by atoms with Crippen LogP contribution in [0.5, 0.6) is 11.5 Å². The predicted octanol–water partition coefficient (Wildman–Crippen LogP) is 4.36. The van der Waals surface area contributed by atoms with Crippen molar-refractivity contribution in [2.75, 3.05) is 12.5 Å². The smallest absolute Gasteiger partial charge is 0.373 e. The minimum atomic E-state index is -1.32. The number of carbonyl (C=O) groups is 1. The fourth-order valence-corrected chi connectivity index (χ4v) is 2.00. The molecule has 0 radical (unpaired) electrons. The van der Waals surface area contributed by atoms with Gasteiger partial charge in [-0.05, 0) is 48.5 Å². The average molecular weight is 381 g/mol. The van der Waals surface area contributed by atoms with E-state index in [-0.39, 0.29) is 5.03 Å². The molecule has 0 saturated carbocycles. The van der Waals surface area contributed by atoms with Crippen molar-refractivity contribution < 1.29 is 19.4 Å². The summed E-state index contributed by atoms with van der Waals surface area (Å²) >= 11 is 11.8. The standard InChI is InChI=1S/C17H14Cl2N2O4/c1-24-13-6-8-14(9-7-13)25-16(17(22)23)15(19)10-20-21-12-4-2-11(18)3-5-12/h2-10,21H,1H3,(H,22,23)/b16-15-,20-10+. The van der Waals surface area contributed by atoms with Crippen LogP contribution < -0.4 is 14.9 Å². The first kappa shape index (κ1) is 18.6. The van der Waals surface area contributed by atoms with Crippen molar-refractivity contribution in [3.63, 3.8) is 0 Å². The first-order chi connectivity index (χ1) is 12.0. The Balaban J connectivity index is 2.10. The van der Waals surface area contributed by atoms with E-state index in [4.69, 9.17) is 32.7 Å². The predicted molar refractivity (Wildman–Crippen MR) is 97.7 cm³/mol. The summed E-state index contributed by atoms with van der Waals surface area (Å²) < 4.78 is 10.3. The number of allylic oxidation sites excluding steroid dienone is 1. The van der Waals surface area contributed by atoms with Gasteiger partial charge in [0.25, 0.3) is 0 Å². The molecule has 0 bridgehead atoms.